The molecule has 9 nitrogen and oxygen atoms in total. The molecule has 0 saturated carbocycles. The third-order valence-electron chi connectivity index (χ3n) is 8.72. The number of H-pyrrole nitrogens is 1. The van der Waals surface area contributed by atoms with Gasteiger partial charge in [-0.25, -0.2) is 17.2 Å². The Morgan fingerprint density at radius 2 is 1.67 bits per heavy atom. The minimum absolute atomic E-state index is 0.0330. The summed E-state index contributed by atoms with van der Waals surface area (Å²) in [7, 11) is -2.18. The number of aromatic nitrogens is 2. The Balaban J connectivity index is 1.27. The molecule has 236 valence electrons. The highest BCUT2D eigenvalue weighted by Gasteiger charge is 2.48. The number of sulfonamides is 1. The largest absolute Gasteiger partial charge is 0.380 e. The summed E-state index contributed by atoms with van der Waals surface area (Å²) in [6.45, 7) is 7.49. The van der Waals surface area contributed by atoms with Gasteiger partial charge in [-0.3, -0.25) is 9.89 Å². The van der Waals surface area contributed by atoms with Crippen molar-refractivity contribution in [2.45, 2.75) is 43.8 Å². The molecular formula is C33H36F2N6O3S. The van der Waals surface area contributed by atoms with Crippen LogP contribution in [-0.4, -0.2) is 66.8 Å². The molecule has 2 N–H and O–H groups in total. The first kappa shape index (κ1) is 30.9. The van der Waals surface area contributed by atoms with E-state index in [1.54, 1.807) is 13.8 Å². The Labute approximate surface area is 261 Å². The number of carbonyl (C=O) groups excluding carboxylic acids is 1. The second kappa shape index (κ2) is 12.0. The van der Waals surface area contributed by atoms with Crippen molar-refractivity contribution in [3.8, 4) is 0 Å². The lowest BCUT2D eigenvalue weighted by atomic mass is 9.98. The number of fused-ring (bicyclic) bond motifs is 1. The van der Waals surface area contributed by atoms with Gasteiger partial charge in [0, 0.05) is 73.5 Å². The van der Waals surface area contributed by atoms with Gasteiger partial charge in [0.15, 0.2) is 5.78 Å². The van der Waals surface area contributed by atoms with Gasteiger partial charge in [-0.2, -0.15) is 9.40 Å². The number of piperazine rings is 1. The average Bonchev–Trinajstić information content (AvgIpc) is 3.54. The molecule has 1 saturated heterocycles. The number of nitrogens with zero attached hydrogens (tertiary/aromatic N) is 4. The molecule has 6 rings (SSSR count). The second-order valence-electron chi connectivity index (χ2n) is 12.2. The summed E-state index contributed by atoms with van der Waals surface area (Å²) in [5.41, 5.74) is 3.78. The van der Waals surface area contributed by atoms with Crippen LogP contribution in [0.1, 0.15) is 46.7 Å². The molecule has 4 aromatic rings. The second-order valence-corrected chi connectivity index (χ2v) is 14.0. The van der Waals surface area contributed by atoms with Crippen LogP contribution >= 0.6 is 0 Å². The van der Waals surface area contributed by atoms with Crippen LogP contribution in [0, 0.1) is 11.6 Å². The van der Waals surface area contributed by atoms with Crippen LogP contribution in [0.25, 0.3) is 0 Å². The number of rotatable bonds is 9. The summed E-state index contributed by atoms with van der Waals surface area (Å²) in [4.78, 5) is 18.0. The van der Waals surface area contributed by atoms with Crippen LogP contribution in [0.15, 0.2) is 71.6 Å². The number of anilines is 2. The van der Waals surface area contributed by atoms with Crippen molar-refractivity contribution in [1.82, 2.24) is 19.4 Å². The molecule has 3 heterocycles. The van der Waals surface area contributed by atoms with Gasteiger partial charge in [0.2, 0.25) is 10.0 Å². The van der Waals surface area contributed by atoms with Crippen molar-refractivity contribution in [3.05, 3.63) is 106 Å². The van der Waals surface area contributed by atoms with E-state index in [9.17, 15) is 22.0 Å². The molecule has 0 atom stereocenters. The van der Waals surface area contributed by atoms with E-state index in [-0.39, 0.29) is 18.7 Å². The molecule has 1 fully saturated rings. The average molecular weight is 635 g/mol. The lowest BCUT2D eigenvalue weighted by Gasteiger charge is -2.34. The summed E-state index contributed by atoms with van der Waals surface area (Å²) in [5, 5.41) is 10.8. The van der Waals surface area contributed by atoms with E-state index in [0.717, 1.165) is 49.6 Å². The van der Waals surface area contributed by atoms with Crippen LogP contribution in [0.2, 0.25) is 0 Å². The third-order valence-corrected chi connectivity index (χ3v) is 10.7. The van der Waals surface area contributed by atoms with Crippen molar-refractivity contribution in [3.63, 3.8) is 0 Å². The van der Waals surface area contributed by atoms with E-state index < -0.39 is 32.1 Å². The number of benzene rings is 3. The van der Waals surface area contributed by atoms with Gasteiger partial charge < -0.3 is 15.1 Å². The SMILES string of the molecule is CN1CCN(c2ccc(C(=O)Cc3[nH]nc4c3CN(S(=O)(=O)c3cc(F)cc(F)c3)C4(C)C)c(NCc3ccccc3)c2)CC1. The highest BCUT2D eigenvalue weighted by atomic mass is 32.2. The first-order valence-electron chi connectivity index (χ1n) is 14.9. The predicted molar refractivity (Wildman–Crippen MR) is 169 cm³/mol. The smallest absolute Gasteiger partial charge is 0.244 e. The zero-order valence-electron chi connectivity index (χ0n) is 25.5. The zero-order chi connectivity index (χ0) is 31.9. The molecule has 3 aromatic carbocycles. The van der Waals surface area contributed by atoms with E-state index in [4.69, 9.17) is 0 Å². The van der Waals surface area contributed by atoms with E-state index in [1.165, 1.54) is 4.31 Å². The fourth-order valence-corrected chi connectivity index (χ4v) is 7.87. The van der Waals surface area contributed by atoms with E-state index in [0.29, 0.717) is 40.8 Å². The Bertz CT molecular complexity index is 1820. The van der Waals surface area contributed by atoms with Crippen molar-refractivity contribution >= 4 is 27.2 Å². The number of Topliss-reactive ketones (excluding diaryl/α,β-unsaturated/α-hetero) is 1. The quantitative estimate of drug-likeness (QED) is 0.252. The highest BCUT2D eigenvalue weighted by Crippen LogP contribution is 2.43. The van der Waals surface area contributed by atoms with Crippen LogP contribution in [0.3, 0.4) is 0 Å². The van der Waals surface area contributed by atoms with Gasteiger partial charge in [-0.15, -0.1) is 0 Å². The van der Waals surface area contributed by atoms with Gasteiger partial charge in [0.25, 0.3) is 0 Å². The number of likely N-dealkylation sites (N-methyl/N-ethyl adjacent to an activating group) is 1. The Kier molecular flexibility index (Phi) is 8.23. The van der Waals surface area contributed by atoms with Gasteiger partial charge in [0.05, 0.1) is 22.5 Å². The fourth-order valence-electron chi connectivity index (χ4n) is 6.11. The van der Waals surface area contributed by atoms with Crippen LogP contribution < -0.4 is 10.2 Å². The van der Waals surface area contributed by atoms with Crippen molar-refractivity contribution in [2.75, 3.05) is 43.4 Å². The number of hydrogen-bond donors (Lipinski definition) is 2. The molecule has 12 heteroatoms. The molecule has 45 heavy (non-hydrogen) atoms. The maximum Gasteiger partial charge on any atom is 0.244 e. The number of hydrogen-bond acceptors (Lipinski definition) is 7. The van der Waals surface area contributed by atoms with Crippen molar-refractivity contribution < 1.29 is 22.0 Å². The monoisotopic (exact) mass is 634 g/mol. The zero-order valence-corrected chi connectivity index (χ0v) is 26.3. The maximum atomic E-state index is 14.0. The Morgan fingerprint density at radius 1 is 0.978 bits per heavy atom. The summed E-state index contributed by atoms with van der Waals surface area (Å²) in [6, 6.07) is 18.0. The number of nitrogens with one attached hydrogen (secondary N) is 2. The van der Waals surface area contributed by atoms with Crippen LogP contribution in [0.5, 0.6) is 0 Å². The molecule has 2 aliphatic rings. The van der Waals surface area contributed by atoms with Gasteiger partial charge in [-0.1, -0.05) is 30.3 Å². The molecule has 0 bridgehead atoms. The normalized spacial score (nSPS) is 17.0. The topological polar surface area (TPSA) is 102 Å². The predicted octanol–water partition coefficient (Wildman–Crippen LogP) is 4.92. The molecule has 0 unspecified atom stereocenters. The number of aromatic amines is 1. The standard InChI is InChI=1S/C33H36F2N6O3S/c1-33(2)32-28(21-41(33)45(43,44)26-16-23(34)15-24(35)17-26)30(37-38-32)19-31(42)27-10-9-25(40-13-11-39(3)12-14-40)18-29(27)36-20-22-7-5-4-6-8-22/h4-10,15-18,36H,11-14,19-21H2,1-3H3,(H,37,38). The number of halogens is 2. The van der Waals surface area contributed by atoms with Crippen molar-refractivity contribution in [1.29, 1.82) is 0 Å². The van der Waals surface area contributed by atoms with Gasteiger partial charge >= 0.3 is 0 Å². The minimum atomic E-state index is -4.29. The van der Waals surface area contributed by atoms with E-state index in [1.807, 2.05) is 48.5 Å². The van der Waals surface area contributed by atoms with Gasteiger partial charge in [-0.05, 0) is 56.8 Å². The first-order chi connectivity index (χ1) is 21.4. The summed E-state index contributed by atoms with van der Waals surface area (Å²) in [6.07, 6.45) is -0.0330. The lowest BCUT2D eigenvalue weighted by Crippen LogP contribution is -2.44. The summed E-state index contributed by atoms with van der Waals surface area (Å²) in [5.74, 6) is -2.12. The molecule has 2 aliphatic heterocycles. The molecule has 0 spiro atoms. The van der Waals surface area contributed by atoms with E-state index >= 15 is 0 Å². The fraction of sp³-hybridized carbons (Fsp3) is 0.333. The van der Waals surface area contributed by atoms with E-state index in [2.05, 4.69) is 32.4 Å². The molecule has 0 radical (unpaired) electrons. The summed E-state index contributed by atoms with van der Waals surface area (Å²) < 4.78 is 56.2. The minimum Gasteiger partial charge on any atom is -0.380 e. The molecule has 0 aliphatic carbocycles. The Hall–Kier alpha value is -4.13. The Morgan fingerprint density at radius 3 is 2.36 bits per heavy atom. The molecule has 1 aromatic heterocycles. The maximum absolute atomic E-state index is 14.0. The number of ketones is 1. The molecular weight excluding hydrogens is 598 g/mol. The van der Waals surface area contributed by atoms with Crippen LogP contribution in [-0.2, 0) is 35.1 Å². The van der Waals surface area contributed by atoms with Crippen molar-refractivity contribution in [2.24, 2.45) is 0 Å². The third kappa shape index (κ3) is 6.09. The molecule has 0 amide bonds. The summed E-state index contributed by atoms with van der Waals surface area (Å²) >= 11 is 0. The first-order valence-corrected chi connectivity index (χ1v) is 16.3. The van der Waals surface area contributed by atoms with Crippen LogP contribution in [0.4, 0.5) is 20.2 Å². The van der Waals surface area contributed by atoms with Gasteiger partial charge in [0.1, 0.15) is 11.6 Å². The lowest BCUT2D eigenvalue weighted by molar-refractivity contribution is 0.0992. The number of carbonyl (C=O) groups is 1. The highest BCUT2D eigenvalue weighted by molar-refractivity contribution is 7.89.